The van der Waals surface area contributed by atoms with Crippen LogP contribution < -0.4 is 5.73 Å². The lowest BCUT2D eigenvalue weighted by molar-refractivity contribution is -0.137. The third-order valence-electron chi connectivity index (χ3n) is 2.64. The first-order chi connectivity index (χ1) is 9.30. The number of nitrogens with zero attached hydrogens (tertiary/aromatic N) is 1. The number of nitrogen functional groups attached to an aromatic ring is 1. The predicted molar refractivity (Wildman–Crippen MR) is 71.2 cm³/mol. The molecule has 1 aromatic heterocycles. The van der Waals surface area contributed by atoms with Crippen LogP contribution in [0.3, 0.4) is 0 Å². The zero-order valence-corrected chi connectivity index (χ0v) is 11.5. The molecule has 0 aliphatic rings. The largest absolute Gasteiger partial charge is 0.416 e. The van der Waals surface area contributed by atoms with Crippen molar-refractivity contribution in [1.29, 1.82) is 0 Å². The lowest BCUT2D eigenvalue weighted by Crippen LogP contribution is -2.10. The van der Waals surface area contributed by atoms with Gasteiger partial charge < -0.3 is 5.73 Å². The Labute approximate surface area is 120 Å². The summed E-state index contributed by atoms with van der Waals surface area (Å²) >= 11 is 3.06. The van der Waals surface area contributed by atoms with Gasteiger partial charge in [0.15, 0.2) is 5.78 Å². The van der Waals surface area contributed by atoms with Crippen molar-refractivity contribution >= 4 is 27.4 Å². The van der Waals surface area contributed by atoms with Gasteiger partial charge in [-0.3, -0.25) is 4.79 Å². The molecular formula is C13H8BrF3N2O. The quantitative estimate of drug-likeness (QED) is 0.667. The molecule has 0 aliphatic heterocycles. The Morgan fingerprint density at radius 1 is 1.25 bits per heavy atom. The average molecular weight is 345 g/mol. The van der Waals surface area contributed by atoms with Gasteiger partial charge >= 0.3 is 6.18 Å². The molecule has 2 aromatic rings. The summed E-state index contributed by atoms with van der Waals surface area (Å²) in [5.74, 6) is -0.586. The van der Waals surface area contributed by atoms with Gasteiger partial charge in [-0.1, -0.05) is 12.1 Å². The van der Waals surface area contributed by atoms with Gasteiger partial charge in [0, 0.05) is 17.3 Å². The molecule has 0 aliphatic carbocycles. The molecule has 1 heterocycles. The first-order valence-electron chi connectivity index (χ1n) is 5.42. The zero-order valence-electron chi connectivity index (χ0n) is 9.91. The van der Waals surface area contributed by atoms with E-state index in [1.165, 1.54) is 24.4 Å². The average Bonchev–Trinajstić information content (AvgIpc) is 2.40. The van der Waals surface area contributed by atoms with Crippen LogP contribution in [-0.4, -0.2) is 10.8 Å². The fraction of sp³-hybridized carbons (Fsp3) is 0.0769. The molecule has 0 radical (unpaired) electrons. The summed E-state index contributed by atoms with van der Waals surface area (Å²) < 4.78 is 38.1. The highest BCUT2D eigenvalue weighted by atomic mass is 79.9. The van der Waals surface area contributed by atoms with Crippen molar-refractivity contribution in [2.24, 2.45) is 0 Å². The first kappa shape index (κ1) is 14.5. The summed E-state index contributed by atoms with van der Waals surface area (Å²) in [6.07, 6.45) is -3.15. The second-order valence-electron chi connectivity index (χ2n) is 3.97. The topological polar surface area (TPSA) is 56.0 Å². The number of rotatable bonds is 2. The summed E-state index contributed by atoms with van der Waals surface area (Å²) in [5.41, 5.74) is 4.93. The Morgan fingerprint density at radius 2 is 1.95 bits per heavy atom. The maximum absolute atomic E-state index is 12.6. The van der Waals surface area contributed by atoms with E-state index in [0.717, 1.165) is 12.1 Å². The first-order valence-corrected chi connectivity index (χ1v) is 6.22. The molecule has 0 saturated heterocycles. The normalized spacial score (nSPS) is 11.4. The minimum atomic E-state index is -4.50. The van der Waals surface area contributed by atoms with Gasteiger partial charge in [0.2, 0.25) is 0 Å². The molecule has 0 atom stereocenters. The van der Waals surface area contributed by atoms with Crippen LogP contribution in [0, 0.1) is 0 Å². The Bertz CT molecular complexity index is 671. The smallest absolute Gasteiger partial charge is 0.396 e. The minimum Gasteiger partial charge on any atom is -0.396 e. The third-order valence-corrected chi connectivity index (χ3v) is 3.27. The highest BCUT2D eigenvalue weighted by Crippen LogP contribution is 2.30. The van der Waals surface area contributed by atoms with E-state index in [9.17, 15) is 18.0 Å². The molecule has 1 aromatic carbocycles. The van der Waals surface area contributed by atoms with Crippen molar-refractivity contribution in [3.8, 4) is 0 Å². The molecule has 0 fully saturated rings. The molecule has 7 heteroatoms. The van der Waals surface area contributed by atoms with E-state index in [1.54, 1.807) is 0 Å². The van der Waals surface area contributed by atoms with Gasteiger partial charge in [0.25, 0.3) is 0 Å². The van der Waals surface area contributed by atoms with Gasteiger partial charge in [-0.05, 0) is 34.1 Å². The van der Waals surface area contributed by atoms with E-state index in [0.29, 0.717) is 0 Å². The predicted octanol–water partition coefficient (Wildman–Crippen LogP) is 3.68. The Kier molecular flexibility index (Phi) is 3.80. The number of carbonyl (C=O) groups is 1. The van der Waals surface area contributed by atoms with Crippen LogP contribution in [-0.2, 0) is 6.18 Å². The molecule has 0 spiro atoms. The molecule has 2 rings (SSSR count). The minimum absolute atomic E-state index is 0.0791. The second-order valence-corrected chi connectivity index (χ2v) is 4.72. The fourth-order valence-electron chi connectivity index (χ4n) is 1.64. The summed E-state index contributed by atoms with van der Waals surface area (Å²) in [5, 5.41) is 0. The molecule has 20 heavy (non-hydrogen) atoms. The maximum Gasteiger partial charge on any atom is 0.416 e. The van der Waals surface area contributed by atoms with Gasteiger partial charge in [-0.2, -0.15) is 13.2 Å². The lowest BCUT2D eigenvalue weighted by atomic mass is 10.0. The van der Waals surface area contributed by atoms with E-state index in [-0.39, 0.29) is 21.4 Å². The van der Waals surface area contributed by atoms with Crippen LogP contribution in [0.5, 0.6) is 0 Å². The van der Waals surface area contributed by atoms with E-state index >= 15 is 0 Å². The lowest BCUT2D eigenvalue weighted by Gasteiger charge is -2.09. The molecule has 3 nitrogen and oxygen atoms in total. The number of ketones is 1. The summed E-state index contributed by atoms with van der Waals surface area (Å²) in [7, 11) is 0. The second kappa shape index (κ2) is 5.24. The number of carbonyl (C=O) groups excluding carboxylic acids is 1. The van der Waals surface area contributed by atoms with Crippen molar-refractivity contribution in [2.75, 3.05) is 5.73 Å². The summed E-state index contributed by atoms with van der Waals surface area (Å²) in [4.78, 5) is 16.0. The number of alkyl halides is 3. The SMILES string of the molecule is Nc1c(C(=O)c2cccc(C(F)(F)F)c2)ccnc1Br. The zero-order chi connectivity index (χ0) is 14.9. The summed E-state index contributed by atoms with van der Waals surface area (Å²) in [6, 6.07) is 5.56. The maximum atomic E-state index is 12.6. The number of hydrogen-bond acceptors (Lipinski definition) is 3. The number of hydrogen-bond donors (Lipinski definition) is 1. The molecule has 0 saturated carbocycles. The fourth-order valence-corrected chi connectivity index (χ4v) is 1.97. The molecular weight excluding hydrogens is 337 g/mol. The van der Waals surface area contributed by atoms with Crippen LogP contribution in [0.25, 0.3) is 0 Å². The van der Waals surface area contributed by atoms with E-state index in [4.69, 9.17) is 5.73 Å². The van der Waals surface area contributed by atoms with Gasteiger partial charge in [-0.25, -0.2) is 4.98 Å². The molecule has 104 valence electrons. The van der Waals surface area contributed by atoms with Crippen LogP contribution in [0.15, 0.2) is 41.1 Å². The van der Waals surface area contributed by atoms with Crippen molar-refractivity contribution in [2.45, 2.75) is 6.18 Å². The number of nitrogens with two attached hydrogens (primary N) is 1. The van der Waals surface area contributed by atoms with Crippen molar-refractivity contribution in [3.05, 3.63) is 57.8 Å². The van der Waals surface area contributed by atoms with Gasteiger partial charge in [0.05, 0.1) is 11.3 Å². The number of pyridine rings is 1. The highest BCUT2D eigenvalue weighted by Gasteiger charge is 2.31. The van der Waals surface area contributed by atoms with Crippen LogP contribution in [0.4, 0.5) is 18.9 Å². The Hall–Kier alpha value is -1.89. The van der Waals surface area contributed by atoms with Gasteiger partial charge in [-0.15, -0.1) is 0 Å². The van der Waals surface area contributed by atoms with Crippen molar-refractivity contribution < 1.29 is 18.0 Å². The molecule has 0 bridgehead atoms. The van der Waals surface area contributed by atoms with Crippen molar-refractivity contribution in [3.63, 3.8) is 0 Å². The van der Waals surface area contributed by atoms with Crippen molar-refractivity contribution in [1.82, 2.24) is 4.98 Å². The number of halogens is 4. The monoisotopic (exact) mass is 344 g/mol. The molecule has 0 amide bonds. The number of anilines is 1. The third kappa shape index (κ3) is 2.82. The Balaban J connectivity index is 2.47. The van der Waals surface area contributed by atoms with Crippen LogP contribution in [0.2, 0.25) is 0 Å². The van der Waals surface area contributed by atoms with Gasteiger partial charge in [0.1, 0.15) is 4.60 Å². The number of benzene rings is 1. The summed E-state index contributed by atoms with van der Waals surface area (Å²) in [6.45, 7) is 0. The van der Waals surface area contributed by atoms with Crippen LogP contribution >= 0.6 is 15.9 Å². The highest BCUT2D eigenvalue weighted by molar-refractivity contribution is 9.10. The van der Waals surface area contributed by atoms with E-state index in [1.807, 2.05) is 0 Å². The standard InChI is InChI=1S/C13H8BrF3N2O/c14-12-10(18)9(4-5-19-12)11(20)7-2-1-3-8(6-7)13(15,16)17/h1-6H,18H2. The Morgan fingerprint density at radius 3 is 2.60 bits per heavy atom. The van der Waals surface area contributed by atoms with E-state index in [2.05, 4.69) is 20.9 Å². The molecule has 0 unspecified atom stereocenters. The van der Waals surface area contributed by atoms with E-state index < -0.39 is 17.5 Å². The van der Waals surface area contributed by atoms with Crippen LogP contribution in [0.1, 0.15) is 21.5 Å². The molecule has 2 N–H and O–H groups in total. The number of aromatic nitrogens is 1.